The molecular weight excluding hydrogens is 261 g/mol. The molecule has 0 spiro atoms. The molecule has 1 aromatic carbocycles. The Hall–Kier alpha value is -2.11. The summed E-state index contributed by atoms with van der Waals surface area (Å²) in [6.45, 7) is 1.00. The number of nitrogen functional groups attached to an aromatic ring is 1. The molecule has 0 bridgehead atoms. The van der Waals surface area contributed by atoms with Crippen molar-refractivity contribution in [2.45, 2.75) is 18.9 Å². The first-order valence-corrected chi connectivity index (χ1v) is 6.71. The van der Waals surface area contributed by atoms with Gasteiger partial charge in [-0.05, 0) is 31.0 Å². The second kappa shape index (κ2) is 4.77. The summed E-state index contributed by atoms with van der Waals surface area (Å²) >= 11 is 0. The molecule has 2 saturated heterocycles. The molecule has 0 aromatic heterocycles. The van der Waals surface area contributed by atoms with E-state index >= 15 is 0 Å². The summed E-state index contributed by atoms with van der Waals surface area (Å²) in [4.78, 5) is 25.8. The van der Waals surface area contributed by atoms with Crippen LogP contribution in [0, 0.1) is 11.7 Å². The number of carbonyl (C=O) groups excluding carboxylic acids is 2. The van der Waals surface area contributed by atoms with Gasteiger partial charge in [0.25, 0.3) is 5.91 Å². The summed E-state index contributed by atoms with van der Waals surface area (Å²) in [6, 6.07) is 3.89. The van der Waals surface area contributed by atoms with E-state index in [0.717, 1.165) is 18.9 Å². The fraction of sp³-hybridized carbons (Fsp3) is 0.429. The molecule has 2 fully saturated rings. The molecule has 2 unspecified atom stereocenters. The molecule has 0 radical (unpaired) electrons. The van der Waals surface area contributed by atoms with Gasteiger partial charge in [-0.2, -0.15) is 0 Å². The summed E-state index contributed by atoms with van der Waals surface area (Å²) < 4.78 is 13.9. The molecule has 1 aromatic rings. The minimum atomic E-state index is -0.616. The van der Waals surface area contributed by atoms with E-state index in [-0.39, 0.29) is 35.0 Å². The zero-order valence-corrected chi connectivity index (χ0v) is 10.9. The van der Waals surface area contributed by atoms with Crippen LogP contribution in [0.1, 0.15) is 23.2 Å². The smallest absolute Gasteiger partial charge is 0.257 e. The van der Waals surface area contributed by atoms with Gasteiger partial charge in [0.05, 0.1) is 17.5 Å². The van der Waals surface area contributed by atoms with Gasteiger partial charge in [-0.15, -0.1) is 0 Å². The highest BCUT2D eigenvalue weighted by molar-refractivity contribution is 5.96. The number of halogens is 1. The Morgan fingerprint density at radius 2 is 2.25 bits per heavy atom. The molecule has 6 heteroatoms. The molecular formula is C14H16FN3O2. The van der Waals surface area contributed by atoms with Crippen LogP contribution in [0.5, 0.6) is 0 Å². The van der Waals surface area contributed by atoms with Crippen LogP contribution in [0.3, 0.4) is 0 Å². The third-order valence-corrected chi connectivity index (χ3v) is 4.09. The van der Waals surface area contributed by atoms with Crippen molar-refractivity contribution in [3.05, 3.63) is 29.6 Å². The van der Waals surface area contributed by atoms with Gasteiger partial charge in [0.2, 0.25) is 5.91 Å². The maximum atomic E-state index is 13.9. The summed E-state index contributed by atoms with van der Waals surface area (Å²) in [5.74, 6) is -1.15. The number of fused-ring (bicyclic) bond motifs is 1. The summed E-state index contributed by atoms with van der Waals surface area (Å²) in [5, 5.41) is 2.78. The summed E-state index contributed by atoms with van der Waals surface area (Å²) in [6.07, 6.45) is 1.54. The van der Waals surface area contributed by atoms with Crippen molar-refractivity contribution in [3.63, 3.8) is 0 Å². The zero-order chi connectivity index (χ0) is 14.3. The maximum absolute atomic E-state index is 13.9. The average Bonchev–Trinajstić information content (AvgIpc) is 2.80. The largest absolute Gasteiger partial charge is 0.399 e. The van der Waals surface area contributed by atoms with Crippen LogP contribution in [-0.4, -0.2) is 35.8 Å². The minimum Gasteiger partial charge on any atom is -0.399 e. The Kier molecular flexibility index (Phi) is 3.08. The molecule has 3 rings (SSSR count). The first-order chi connectivity index (χ1) is 9.58. The molecule has 2 amide bonds. The van der Waals surface area contributed by atoms with E-state index in [1.807, 2.05) is 0 Å². The van der Waals surface area contributed by atoms with Gasteiger partial charge in [0, 0.05) is 18.8 Å². The SMILES string of the molecule is Nc1ccc(C(=O)N2CCCC3C(=O)NCC32)c(F)c1. The van der Waals surface area contributed by atoms with Crippen molar-refractivity contribution in [2.24, 2.45) is 5.92 Å². The van der Waals surface area contributed by atoms with Gasteiger partial charge in [0.1, 0.15) is 5.82 Å². The first-order valence-electron chi connectivity index (χ1n) is 6.71. The molecule has 5 nitrogen and oxygen atoms in total. The highest BCUT2D eigenvalue weighted by Crippen LogP contribution is 2.29. The van der Waals surface area contributed by atoms with Crippen molar-refractivity contribution in [1.82, 2.24) is 10.2 Å². The molecule has 2 aliphatic heterocycles. The van der Waals surface area contributed by atoms with Gasteiger partial charge >= 0.3 is 0 Å². The summed E-state index contributed by atoms with van der Waals surface area (Å²) in [5.41, 5.74) is 5.79. The number of piperidine rings is 1. The number of carbonyl (C=O) groups is 2. The van der Waals surface area contributed by atoms with Crippen LogP contribution >= 0.6 is 0 Å². The number of hydrogen-bond acceptors (Lipinski definition) is 3. The summed E-state index contributed by atoms with van der Waals surface area (Å²) in [7, 11) is 0. The lowest BCUT2D eigenvalue weighted by Crippen LogP contribution is -2.48. The quantitative estimate of drug-likeness (QED) is 0.744. The van der Waals surface area contributed by atoms with Gasteiger partial charge < -0.3 is 16.0 Å². The zero-order valence-electron chi connectivity index (χ0n) is 10.9. The number of benzene rings is 1. The predicted molar refractivity (Wildman–Crippen MR) is 71.4 cm³/mol. The average molecular weight is 277 g/mol. The molecule has 0 saturated carbocycles. The molecule has 2 aliphatic rings. The standard InChI is InChI=1S/C14H16FN3O2/c15-11-6-8(16)3-4-9(11)14(20)18-5-1-2-10-12(18)7-17-13(10)19/h3-4,6,10,12H,1-2,5,7,16H2,(H,17,19). The third kappa shape index (κ3) is 2.01. The van der Waals surface area contributed by atoms with E-state index in [4.69, 9.17) is 5.73 Å². The van der Waals surface area contributed by atoms with Crippen molar-refractivity contribution >= 4 is 17.5 Å². The van der Waals surface area contributed by atoms with E-state index in [9.17, 15) is 14.0 Å². The number of nitrogens with two attached hydrogens (primary N) is 1. The van der Waals surface area contributed by atoms with E-state index in [1.54, 1.807) is 4.90 Å². The Morgan fingerprint density at radius 1 is 1.45 bits per heavy atom. The maximum Gasteiger partial charge on any atom is 0.257 e. The molecule has 0 aliphatic carbocycles. The number of nitrogens with one attached hydrogen (secondary N) is 1. The Balaban J connectivity index is 1.88. The first kappa shape index (κ1) is 12.9. The normalized spacial score (nSPS) is 25.2. The monoisotopic (exact) mass is 277 g/mol. The van der Waals surface area contributed by atoms with Crippen LogP contribution in [0.15, 0.2) is 18.2 Å². The van der Waals surface area contributed by atoms with Crippen LogP contribution in [0.2, 0.25) is 0 Å². The number of nitrogens with zero attached hydrogens (tertiary/aromatic N) is 1. The molecule has 2 atom stereocenters. The third-order valence-electron chi connectivity index (χ3n) is 4.09. The van der Waals surface area contributed by atoms with Crippen molar-refractivity contribution in [3.8, 4) is 0 Å². The highest BCUT2D eigenvalue weighted by atomic mass is 19.1. The lowest BCUT2D eigenvalue weighted by atomic mass is 9.91. The highest BCUT2D eigenvalue weighted by Gasteiger charge is 2.43. The number of likely N-dealkylation sites (tertiary alicyclic amines) is 1. The fourth-order valence-electron chi connectivity index (χ4n) is 3.06. The van der Waals surface area contributed by atoms with Gasteiger partial charge in [-0.1, -0.05) is 0 Å². The van der Waals surface area contributed by atoms with Crippen LogP contribution in [0.25, 0.3) is 0 Å². The van der Waals surface area contributed by atoms with Crippen molar-refractivity contribution in [1.29, 1.82) is 0 Å². The van der Waals surface area contributed by atoms with Gasteiger partial charge in [0.15, 0.2) is 0 Å². The van der Waals surface area contributed by atoms with Crippen LogP contribution < -0.4 is 11.1 Å². The number of anilines is 1. The number of hydrogen-bond donors (Lipinski definition) is 2. The Labute approximate surface area is 115 Å². The van der Waals surface area contributed by atoms with E-state index in [0.29, 0.717) is 13.1 Å². The van der Waals surface area contributed by atoms with Crippen LogP contribution in [0.4, 0.5) is 10.1 Å². The minimum absolute atomic E-state index is 0.00900. The van der Waals surface area contributed by atoms with Crippen molar-refractivity contribution < 1.29 is 14.0 Å². The van der Waals surface area contributed by atoms with Crippen LogP contribution in [-0.2, 0) is 4.79 Å². The Bertz CT molecular complexity index is 576. The lowest BCUT2D eigenvalue weighted by Gasteiger charge is -2.36. The second-order valence-electron chi connectivity index (χ2n) is 5.30. The van der Waals surface area contributed by atoms with Crippen molar-refractivity contribution in [2.75, 3.05) is 18.8 Å². The number of amides is 2. The molecule has 20 heavy (non-hydrogen) atoms. The predicted octanol–water partition coefficient (Wildman–Crippen LogP) is 0.758. The molecule has 2 heterocycles. The number of rotatable bonds is 1. The van der Waals surface area contributed by atoms with Gasteiger partial charge in [-0.25, -0.2) is 4.39 Å². The second-order valence-corrected chi connectivity index (χ2v) is 5.30. The van der Waals surface area contributed by atoms with E-state index in [2.05, 4.69) is 5.32 Å². The molecule has 3 N–H and O–H groups in total. The van der Waals surface area contributed by atoms with Gasteiger partial charge in [-0.3, -0.25) is 9.59 Å². The lowest BCUT2D eigenvalue weighted by molar-refractivity contribution is -0.123. The van der Waals surface area contributed by atoms with E-state index in [1.165, 1.54) is 12.1 Å². The topological polar surface area (TPSA) is 75.4 Å². The molecule has 106 valence electrons. The van der Waals surface area contributed by atoms with E-state index < -0.39 is 5.82 Å². The Morgan fingerprint density at radius 3 is 3.00 bits per heavy atom. The fourth-order valence-corrected chi connectivity index (χ4v) is 3.06.